The molecular weight excluding hydrogens is 408 g/mol. The largest absolute Gasteiger partial charge is 0.466 e. The van der Waals surface area contributed by atoms with E-state index in [-0.39, 0.29) is 24.0 Å². The van der Waals surface area contributed by atoms with Crippen LogP contribution in [0.4, 0.5) is 0 Å². The fraction of sp³-hybridized carbons (Fsp3) is 0.920. The molecule has 1 unspecified atom stereocenters. The van der Waals surface area contributed by atoms with E-state index in [4.69, 9.17) is 14.2 Å². The highest BCUT2D eigenvalue weighted by Gasteiger charge is 2.55. The number of carbonyl (C=O) groups is 2. The highest BCUT2D eigenvalue weighted by molar-refractivity contribution is 5.79. The number of nitrogens with zero attached hydrogens (tertiary/aromatic N) is 2. The summed E-state index contributed by atoms with van der Waals surface area (Å²) in [6.07, 6.45) is 7.15. The van der Waals surface area contributed by atoms with Gasteiger partial charge in [0.15, 0.2) is 0 Å². The molecule has 0 N–H and O–H groups in total. The Balaban J connectivity index is 1.83. The summed E-state index contributed by atoms with van der Waals surface area (Å²) in [6, 6.07) is 0. The molecule has 1 atom stereocenters. The van der Waals surface area contributed by atoms with Crippen LogP contribution in [0.25, 0.3) is 0 Å². The Labute approximate surface area is 194 Å². The van der Waals surface area contributed by atoms with Crippen LogP contribution < -0.4 is 0 Å². The molecular formula is C25H44N2O5. The van der Waals surface area contributed by atoms with Gasteiger partial charge >= 0.3 is 11.9 Å². The van der Waals surface area contributed by atoms with Gasteiger partial charge in [0, 0.05) is 26.2 Å². The van der Waals surface area contributed by atoms with Crippen LogP contribution in [0.15, 0.2) is 0 Å². The van der Waals surface area contributed by atoms with Gasteiger partial charge in [-0.2, -0.15) is 0 Å². The second-order valence-corrected chi connectivity index (χ2v) is 10.8. The molecule has 0 radical (unpaired) electrons. The second-order valence-electron chi connectivity index (χ2n) is 10.8. The van der Waals surface area contributed by atoms with Crippen LogP contribution in [-0.2, 0) is 23.8 Å². The first-order valence-electron chi connectivity index (χ1n) is 12.7. The van der Waals surface area contributed by atoms with Gasteiger partial charge in [0.25, 0.3) is 5.85 Å². The molecule has 2 aliphatic heterocycles. The van der Waals surface area contributed by atoms with Gasteiger partial charge in [0.05, 0.1) is 18.6 Å². The third-order valence-corrected chi connectivity index (χ3v) is 7.04. The van der Waals surface area contributed by atoms with Gasteiger partial charge in [-0.05, 0) is 85.0 Å². The zero-order chi connectivity index (χ0) is 23.4. The van der Waals surface area contributed by atoms with Crippen molar-refractivity contribution in [2.24, 2.45) is 11.8 Å². The lowest BCUT2D eigenvalue weighted by Gasteiger charge is -2.51. The van der Waals surface area contributed by atoms with E-state index >= 15 is 0 Å². The van der Waals surface area contributed by atoms with Gasteiger partial charge in [-0.3, -0.25) is 14.6 Å². The molecule has 7 nitrogen and oxygen atoms in total. The summed E-state index contributed by atoms with van der Waals surface area (Å²) in [4.78, 5) is 30.5. The topological polar surface area (TPSA) is 68.3 Å². The molecule has 184 valence electrons. The van der Waals surface area contributed by atoms with Crippen molar-refractivity contribution in [3.8, 4) is 0 Å². The maximum atomic E-state index is 13.9. The number of esters is 2. The Kier molecular flexibility index (Phi) is 8.61. The number of rotatable bonds is 7. The van der Waals surface area contributed by atoms with E-state index in [1.807, 2.05) is 27.7 Å². The molecule has 0 spiro atoms. The molecule has 3 rings (SSSR count). The second kappa shape index (κ2) is 10.8. The van der Waals surface area contributed by atoms with Crippen LogP contribution in [0.5, 0.6) is 0 Å². The van der Waals surface area contributed by atoms with E-state index < -0.39 is 11.4 Å². The molecule has 7 heteroatoms. The molecule has 1 aliphatic carbocycles. The zero-order valence-electron chi connectivity index (χ0n) is 20.9. The van der Waals surface area contributed by atoms with E-state index in [1.54, 1.807) is 0 Å². The summed E-state index contributed by atoms with van der Waals surface area (Å²) in [5.41, 5.74) is -0.587. The summed E-state index contributed by atoms with van der Waals surface area (Å²) in [5, 5.41) is 0. The summed E-state index contributed by atoms with van der Waals surface area (Å²) < 4.78 is 18.1. The fourth-order valence-corrected chi connectivity index (χ4v) is 5.24. The Bertz CT molecular complexity index is 627. The number of hydrogen-bond acceptors (Lipinski definition) is 7. The van der Waals surface area contributed by atoms with Gasteiger partial charge < -0.3 is 14.2 Å². The molecule has 0 aromatic heterocycles. The molecule has 32 heavy (non-hydrogen) atoms. The predicted molar refractivity (Wildman–Crippen MR) is 123 cm³/mol. The van der Waals surface area contributed by atoms with Gasteiger partial charge in [-0.25, -0.2) is 4.79 Å². The Hall–Kier alpha value is -1.18. The van der Waals surface area contributed by atoms with Crippen molar-refractivity contribution in [3.05, 3.63) is 0 Å². The lowest BCUT2D eigenvalue weighted by atomic mass is 9.87. The number of hydrogen-bond donors (Lipinski definition) is 0. The minimum absolute atomic E-state index is 0.0617. The summed E-state index contributed by atoms with van der Waals surface area (Å²) in [6.45, 7) is 13.6. The van der Waals surface area contributed by atoms with E-state index in [0.29, 0.717) is 12.5 Å². The lowest BCUT2D eigenvalue weighted by molar-refractivity contribution is -0.280. The van der Waals surface area contributed by atoms with E-state index in [1.165, 1.54) is 0 Å². The summed E-state index contributed by atoms with van der Waals surface area (Å²) in [7, 11) is 0. The van der Waals surface area contributed by atoms with E-state index in [0.717, 1.165) is 77.5 Å². The third kappa shape index (κ3) is 6.03. The number of ether oxygens (including phenoxy) is 3. The van der Waals surface area contributed by atoms with Crippen LogP contribution in [0, 0.1) is 11.8 Å². The molecule has 3 fully saturated rings. The highest BCUT2D eigenvalue weighted by atomic mass is 16.6. The zero-order valence-corrected chi connectivity index (χ0v) is 20.9. The molecule has 0 aromatic carbocycles. The van der Waals surface area contributed by atoms with Crippen molar-refractivity contribution in [2.75, 3.05) is 32.8 Å². The smallest absolute Gasteiger partial charge is 0.371 e. The quantitative estimate of drug-likeness (QED) is 0.542. The summed E-state index contributed by atoms with van der Waals surface area (Å²) in [5.74, 6) is -0.969. The van der Waals surface area contributed by atoms with Crippen LogP contribution in [-0.4, -0.2) is 72.1 Å². The van der Waals surface area contributed by atoms with Crippen molar-refractivity contribution in [2.45, 2.75) is 104 Å². The molecule has 3 aliphatic rings. The molecule has 2 heterocycles. The monoisotopic (exact) mass is 452 g/mol. The molecule has 0 bridgehead atoms. The van der Waals surface area contributed by atoms with Gasteiger partial charge in [0.1, 0.15) is 5.60 Å². The Morgan fingerprint density at radius 1 is 0.875 bits per heavy atom. The first-order chi connectivity index (χ1) is 15.2. The lowest BCUT2D eigenvalue weighted by Crippen LogP contribution is -2.69. The number of piperidine rings is 1. The van der Waals surface area contributed by atoms with Crippen molar-refractivity contribution in [1.82, 2.24) is 9.80 Å². The van der Waals surface area contributed by atoms with Crippen LogP contribution in [0.1, 0.15) is 86.0 Å². The van der Waals surface area contributed by atoms with E-state index in [2.05, 4.69) is 16.7 Å². The minimum Gasteiger partial charge on any atom is -0.466 e. The van der Waals surface area contributed by atoms with Crippen LogP contribution in [0.3, 0.4) is 0 Å². The van der Waals surface area contributed by atoms with Gasteiger partial charge in [-0.1, -0.05) is 6.92 Å². The van der Waals surface area contributed by atoms with Crippen LogP contribution >= 0.6 is 0 Å². The SMILES string of the molecule is CCOC(=O)C1CCC(OC(C(=O)OC(C)(C)C)(N2CCCC2)N2CCC(C)CC2)CC1. The Morgan fingerprint density at radius 3 is 1.97 bits per heavy atom. The minimum atomic E-state index is -1.18. The van der Waals surface area contributed by atoms with Crippen molar-refractivity contribution in [1.29, 1.82) is 0 Å². The Morgan fingerprint density at radius 2 is 1.44 bits per heavy atom. The fourth-order valence-electron chi connectivity index (χ4n) is 5.24. The first-order valence-corrected chi connectivity index (χ1v) is 12.7. The first kappa shape index (κ1) is 25.4. The maximum absolute atomic E-state index is 13.9. The molecule has 2 saturated heterocycles. The maximum Gasteiger partial charge on any atom is 0.371 e. The average molecular weight is 453 g/mol. The molecule has 1 saturated carbocycles. The van der Waals surface area contributed by atoms with Gasteiger partial charge in [-0.15, -0.1) is 0 Å². The van der Waals surface area contributed by atoms with Gasteiger partial charge in [0.2, 0.25) is 0 Å². The van der Waals surface area contributed by atoms with Crippen molar-refractivity contribution < 1.29 is 23.8 Å². The van der Waals surface area contributed by atoms with Crippen molar-refractivity contribution >= 4 is 11.9 Å². The number of likely N-dealkylation sites (tertiary alicyclic amines) is 2. The van der Waals surface area contributed by atoms with Crippen molar-refractivity contribution in [3.63, 3.8) is 0 Å². The van der Waals surface area contributed by atoms with Crippen LogP contribution in [0.2, 0.25) is 0 Å². The summed E-state index contributed by atoms with van der Waals surface area (Å²) >= 11 is 0. The number of carbonyl (C=O) groups excluding carboxylic acids is 2. The normalized spacial score (nSPS) is 28.3. The molecule has 0 amide bonds. The standard InChI is InChI=1S/C25H44N2O5/c1-6-30-22(28)20-9-11-21(12-10-20)31-25(26-15-7-8-16-26,23(29)32-24(3,4)5)27-17-13-19(2)14-18-27/h19-21H,6-18H2,1-5H3. The third-order valence-electron chi connectivity index (χ3n) is 7.04. The predicted octanol–water partition coefficient (Wildman–Crippen LogP) is 3.95. The van der Waals surface area contributed by atoms with E-state index in [9.17, 15) is 9.59 Å². The average Bonchev–Trinajstić information content (AvgIpc) is 3.27. The molecule has 0 aromatic rings. The highest BCUT2D eigenvalue weighted by Crippen LogP contribution is 2.38.